The fourth-order valence-corrected chi connectivity index (χ4v) is 3.24. The smallest absolute Gasteiger partial charge is 0.0314 e. The molecule has 0 amide bonds. The van der Waals surface area contributed by atoms with Crippen LogP contribution in [0, 0.1) is 5.41 Å². The van der Waals surface area contributed by atoms with Crippen molar-refractivity contribution in [1.82, 2.24) is 5.32 Å². The Morgan fingerprint density at radius 1 is 1.16 bits per heavy atom. The van der Waals surface area contributed by atoms with Crippen LogP contribution in [0.3, 0.4) is 0 Å². The standard InChI is InChI=1S/C17H28N2/c1-2-17(11-3-4-12-17)14-19-13-5-6-15-7-9-16(18)10-8-15/h7-10,19H,2-6,11-14,18H2,1H3. The van der Waals surface area contributed by atoms with E-state index in [0.717, 1.165) is 18.7 Å². The van der Waals surface area contributed by atoms with Crippen LogP contribution in [0.5, 0.6) is 0 Å². The molecule has 1 aromatic carbocycles. The Hall–Kier alpha value is -1.02. The first-order valence-electron chi connectivity index (χ1n) is 7.79. The summed E-state index contributed by atoms with van der Waals surface area (Å²) in [5, 5.41) is 3.68. The monoisotopic (exact) mass is 260 g/mol. The van der Waals surface area contributed by atoms with E-state index in [1.165, 1.54) is 50.6 Å². The molecule has 1 aliphatic rings. The molecule has 1 aliphatic carbocycles. The lowest BCUT2D eigenvalue weighted by atomic mass is 9.83. The summed E-state index contributed by atoms with van der Waals surface area (Å²) in [6.07, 6.45) is 9.40. The first-order chi connectivity index (χ1) is 9.24. The molecule has 0 atom stereocenters. The molecule has 2 rings (SSSR count). The predicted molar refractivity (Wildman–Crippen MR) is 83.2 cm³/mol. The number of hydrogen-bond acceptors (Lipinski definition) is 2. The van der Waals surface area contributed by atoms with Gasteiger partial charge in [-0.25, -0.2) is 0 Å². The molecule has 0 radical (unpaired) electrons. The van der Waals surface area contributed by atoms with Gasteiger partial charge in [0.1, 0.15) is 0 Å². The van der Waals surface area contributed by atoms with Crippen molar-refractivity contribution in [1.29, 1.82) is 0 Å². The van der Waals surface area contributed by atoms with Crippen molar-refractivity contribution in [2.75, 3.05) is 18.8 Å². The van der Waals surface area contributed by atoms with E-state index in [9.17, 15) is 0 Å². The van der Waals surface area contributed by atoms with Gasteiger partial charge >= 0.3 is 0 Å². The first kappa shape index (κ1) is 14.4. The van der Waals surface area contributed by atoms with Gasteiger partial charge in [0, 0.05) is 12.2 Å². The van der Waals surface area contributed by atoms with Gasteiger partial charge in [-0.15, -0.1) is 0 Å². The predicted octanol–water partition coefficient (Wildman–Crippen LogP) is 3.76. The number of nitrogens with one attached hydrogen (secondary N) is 1. The lowest BCUT2D eigenvalue weighted by Crippen LogP contribution is -2.32. The molecular weight excluding hydrogens is 232 g/mol. The van der Waals surface area contributed by atoms with Gasteiger partial charge in [-0.1, -0.05) is 31.9 Å². The van der Waals surface area contributed by atoms with Crippen molar-refractivity contribution in [2.45, 2.75) is 51.9 Å². The molecule has 2 nitrogen and oxygen atoms in total. The number of anilines is 1. The third-order valence-corrected chi connectivity index (χ3v) is 4.71. The van der Waals surface area contributed by atoms with E-state index in [2.05, 4.69) is 24.4 Å². The summed E-state index contributed by atoms with van der Waals surface area (Å²) in [6.45, 7) is 4.69. The van der Waals surface area contributed by atoms with Gasteiger partial charge in [0.25, 0.3) is 0 Å². The second-order valence-corrected chi connectivity index (χ2v) is 6.08. The number of rotatable bonds is 7. The van der Waals surface area contributed by atoms with E-state index >= 15 is 0 Å². The molecule has 106 valence electrons. The van der Waals surface area contributed by atoms with Crippen molar-refractivity contribution in [3.63, 3.8) is 0 Å². The zero-order valence-electron chi connectivity index (χ0n) is 12.3. The molecule has 0 spiro atoms. The Morgan fingerprint density at radius 2 is 1.84 bits per heavy atom. The quantitative estimate of drug-likeness (QED) is 0.578. The lowest BCUT2D eigenvalue weighted by molar-refractivity contribution is 0.269. The Balaban J connectivity index is 1.63. The maximum absolute atomic E-state index is 5.69. The Kier molecular flexibility index (Phi) is 5.26. The van der Waals surface area contributed by atoms with Gasteiger partial charge in [-0.05, 0) is 61.8 Å². The number of nitrogen functional groups attached to an aromatic ring is 1. The molecule has 3 N–H and O–H groups in total. The molecule has 2 heteroatoms. The fourth-order valence-electron chi connectivity index (χ4n) is 3.24. The Bertz CT molecular complexity index is 363. The summed E-state index contributed by atoms with van der Waals surface area (Å²) in [4.78, 5) is 0. The molecule has 0 unspecified atom stereocenters. The number of nitrogens with two attached hydrogens (primary N) is 1. The molecule has 0 aromatic heterocycles. The van der Waals surface area contributed by atoms with Crippen LogP contribution in [-0.2, 0) is 6.42 Å². The van der Waals surface area contributed by atoms with Crippen LogP contribution in [0.15, 0.2) is 24.3 Å². The van der Waals surface area contributed by atoms with E-state index in [1.54, 1.807) is 0 Å². The molecule has 0 heterocycles. The summed E-state index contributed by atoms with van der Waals surface area (Å²) in [5.41, 5.74) is 8.55. The van der Waals surface area contributed by atoms with Crippen molar-refractivity contribution in [3.8, 4) is 0 Å². The lowest BCUT2D eigenvalue weighted by Gasteiger charge is -2.27. The molecule has 1 fully saturated rings. The van der Waals surface area contributed by atoms with Crippen molar-refractivity contribution < 1.29 is 0 Å². The molecule has 0 saturated heterocycles. The summed E-state index contributed by atoms with van der Waals surface area (Å²) in [6, 6.07) is 8.26. The zero-order chi connectivity index (χ0) is 13.6. The van der Waals surface area contributed by atoms with E-state index < -0.39 is 0 Å². The average Bonchev–Trinajstić information content (AvgIpc) is 2.90. The molecule has 0 bridgehead atoms. The highest BCUT2D eigenvalue weighted by atomic mass is 14.9. The molecule has 19 heavy (non-hydrogen) atoms. The second-order valence-electron chi connectivity index (χ2n) is 6.08. The average molecular weight is 260 g/mol. The van der Waals surface area contributed by atoms with Gasteiger partial charge < -0.3 is 11.1 Å². The van der Waals surface area contributed by atoms with Crippen LogP contribution in [-0.4, -0.2) is 13.1 Å². The highest BCUT2D eigenvalue weighted by Crippen LogP contribution is 2.40. The number of hydrogen-bond donors (Lipinski definition) is 2. The molecule has 0 aliphatic heterocycles. The minimum Gasteiger partial charge on any atom is -0.399 e. The van der Waals surface area contributed by atoms with Crippen LogP contribution < -0.4 is 11.1 Å². The molecule has 1 aromatic rings. The van der Waals surface area contributed by atoms with Gasteiger partial charge in [-0.2, -0.15) is 0 Å². The third kappa shape index (κ3) is 4.24. The normalized spacial score (nSPS) is 17.7. The van der Waals surface area contributed by atoms with Crippen molar-refractivity contribution in [2.24, 2.45) is 5.41 Å². The van der Waals surface area contributed by atoms with Gasteiger partial charge in [0.05, 0.1) is 0 Å². The second kappa shape index (κ2) is 6.95. The van der Waals surface area contributed by atoms with Crippen LogP contribution in [0.1, 0.15) is 51.0 Å². The maximum atomic E-state index is 5.69. The van der Waals surface area contributed by atoms with Crippen LogP contribution in [0.2, 0.25) is 0 Å². The topological polar surface area (TPSA) is 38.0 Å². The fraction of sp³-hybridized carbons (Fsp3) is 0.647. The summed E-state index contributed by atoms with van der Waals surface area (Å²) < 4.78 is 0. The SMILES string of the molecule is CCC1(CNCCCc2ccc(N)cc2)CCCC1. The van der Waals surface area contributed by atoms with E-state index in [1.807, 2.05) is 12.1 Å². The highest BCUT2D eigenvalue weighted by molar-refractivity contribution is 5.39. The Morgan fingerprint density at radius 3 is 2.47 bits per heavy atom. The summed E-state index contributed by atoms with van der Waals surface area (Å²) >= 11 is 0. The van der Waals surface area contributed by atoms with E-state index in [0.29, 0.717) is 5.41 Å². The Labute approximate surface area is 117 Å². The van der Waals surface area contributed by atoms with Gasteiger partial charge in [0.15, 0.2) is 0 Å². The number of aryl methyl sites for hydroxylation is 1. The largest absolute Gasteiger partial charge is 0.399 e. The molecule has 1 saturated carbocycles. The minimum atomic E-state index is 0.612. The van der Waals surface area contributed by atoms with Gasteiger partial charge in [-0.3, -0.25) is 0 Å². The number of benzene rings is 1. The van der Waals surface area contributed by atoms with Crippen molar-refractivity contribution in [3.05, 3.63) is 29.8 Å². The van der Waals surface area contributed by atoms with Gasteiger partial charge in [0.2, 0.25) is 0 Å². The molecular formula is C17H28N2. The van der Waals surface area contributed by atoms with E-state index in [4.69, 9.17) is 5.73 Å². The van der Waals surface area contributed by atoms with E-state index in [-0.39, 0.29) is 0 Å². The van der Waals surface area contributed by atoms with Crippen LogP contribution in [0.25, 0.3) is 0 Å². The third-order valence-electron chi connectivity index (χ3n) is 4.71. The van der Waals surface area contributed by atoms with Crippen molar-refractivity contribution >= 4 is 5.69 Å². The zero-order valence-corrected chi connectivity index (χ0v) is 12.3. The van der Waals surface area contributed by atoms with Crippen LogP contribution in [0.4, 0.5) is 5.69 Å². The highest BCUT2D eigenvalue weighted by Gasteiger charge is 2.31. The summed E-state index contributed by atoms with van der Waals surface area (Å²) in [5.74, 6) is 0. The first-order valence-corrected chi connectivity index (χ1v) is 7.79. The summed E-state index contributed by atoms with van der Waals surface area (Å²) in [7, 11) is 0. The van der Waals surface area contributed by atoms with Crippen LogP contribution >= 0.6 is 0 Å². The minimum absolute atomic E-state index is 0.612. The maximum Gasteiger partial charge on any atom is 0.0314 e.